The second kappa shape index (κ2) is 6.40. The molecule has 0 saturated carbocycles. The number of hydrogen-bond donors (Lipinski definition) is 1. The quantitative estimate of drug-likeness (QED) is 0.864. The van der Waals surface area contributed by atoms with E-state index in [-0.39, 0.29) is 12.3 Å². The minimum atomic E-state index is -4.44. The summed E-state index contributed by atoms with van der Waals surface area (Å²) < 4.78 is 36.8. The predicted molar refractivity (Wildman–Crippen MR) is 68.8 cm³/mol. The largest absolute Gasteiger partial charge is 0.406 e. The van der Waals surface area contributed by atoms with Gasteiger partial charge in [-0.2, -0.15) is 13.2 Å². The minimum absolute atomic E-state index is 0.0587. The van der Waals surface area contributed by atoms with E-state index in [9.17, 15) is 22.8 Å². The first kappa shape index (κ1) is 16.0. The molecule has 1 aromatic carbocycles. The average molecular weight is 288 g/mol. The summed E-state index contributed by atoms with van der Waals surface area (Å²) >= 11 is 0. The lowest BCUT2D eigenvalue weighted by Crippen LogP contribution is -2.41. The molecule has 7 heteroatoms. The van der Waals surface area contributed by atoms with Crippen LogP contribution in [0.3, 0.4) is 0 Å². The summed E-state index contributed by atoms with van der Waals surface area (Å²) in [4.78, 5) is 23.4. The van der Waals surface area contributed by atoms with Gasteiger partial charge >= 0.3 is 12.2 Å². The Morgan fingerprint density at radius 2 is 1.75 bits per heavy atom. The van der Waals surface area contributed by atoms with Crippen molar-refractivity contribution in [2.75, 3.05) is 18.4 Å². The highest BCUT2D eigenvalue weighted by Crippen LogP contribution is 2.17. The van der Waals surface area contributed by atoms with Crippen molar-refractivity contribution in [3.8, 4) is 0 Å². The van der Waals surface area contributed by atoms with Gasteiger partial charge in [0.2, 0.25) is 0 Å². The van der Waals surface area contributed by atoms with Crippen molar-refractivity contribution >= 4 is 17.5 Å². The van der Waals surface area contributed by atoms with Crippen LogP contribution in [0.2, 0.25) is 0 Å². The Balaban J connectivity index is 2.71. The third-order valence-corrected chi connectivity index (χ3v) is 2.58. The molecule has 0 heterocycles. The zero-order valence-electron chi connectivity index (χ0n) is 11.1. The number of carbonyl (C=O) groups is 2. The standard InChI is InChI=1S/C13H15F3N2O2/c1-3-18(8-13(14,15)16)12(20)17-11-6-4-10(5-7-11)9(2)19/h4-7H,3,8H2,1-2H3,(H,17,20). The maximum atomic E-state index is 12.3. The number of hydrogen-bond acceptors (Lipinski definition) is 2. The number of alkyl halides is 3. The molecule has 2 amide bonds. The Labute approximate surface area is 114 Å². The number of amides is 2. The summed E-state index contributed by atoms with van der Waals surface area (Å²) in [6.45, 7) is 1.50. The summed E-state index contributed by atoms with van der Waals surface area (Å²) in [6.07, 6.45) is -4.44. The Morgan fingerprint density at radius 1 is 1.20 bits per heavy atom. The molecule has 0 spiro atoms. The SMILES string of the molecule is CCN(CC(F)(F)F)C(=O)Nc1ccc(C(C)=O)cc1. The van der Waals surface area contributed by atoms with E-state index in [0.717, 1.165) is 0 Å². The number of ketones is 1. The number of carbonyl (C=O) groups excluding carboxylic acids is 2. The van der Waals surface area contributed by atoms with Gasteiger partial charge in [-0.15, -0.1) is 0 Å². The zero-order chi connectivity index (χ0) is 15.3. The fourth-order valence-corrected chi connectivity index (χ4v) is 1.53. The molecule has 0 bridgehead atoms. The summed E-state index contributed by atoms with van der Waals surface area (Å²) in [7, 11) is 0. The number of anilines is 1. The maximum Gasteiger partial charge on any atom is 0.406 e. The molecule has 1 N–H and O–H groups in total. The number of benzene rings is 1. The molecule has 0 radical (unpaired) electrons. The van der Waals surface area contributed by atoms with Gasteiger partial charge < -0.3 is 10.2 Å². The van der Waals surface area contributed by atoms with Crippen LogP contribution in [0.15, 0.2) is 24.3 Å². The van der Waals surface area contributed by atoms with Crippen LogP contribution < -0.4 is 5.32 Å². The smallest absolute Gasteiger partial charge is 0.316 e. The highest BCUT2D eigenvalue weighted by molar-refractivity contribution is 5.95. The second-order valence-corrected chi connectivity index (χ2v) is 4.19. The van der Waals surface area contributed by atoms with Crippen LogP contribution in [0, 0.1) is 0 Å². The van der Waals surface area contributed by atoms with E-state index in [0.29, 0.717) is 16.2 Å². The van der Waals surface area contributed by atoms with Gasteiger partial charge in [0.15, 0.2) is 5.78 Å². The molecule has 0 aliphatic heterocycles. The second-order valence-electron chi connectivity index (χ2n) is 4.19. The lowest BCUT2D eigenvalue weighted by Gasteiger charge is -2.22. The fourth-order valence-electron chi connectivity index (χ4n) is 1.53. The van der Waals surface area contributed by atoms with Gasteiger partial charge in [-0.05, 0) is 38.1 Å². The van der Waals surface area contributed by atoms with Gasteiger partial charge in [-0.1, -0.05) is 0 Å². The third kappa shape index (κ3) is 4.91. The normalized spacial score (nSPS) is 11.1. The van der Waals surface area contributed by atoms with E-state index in [2.05, 4.69) is 5.32 Å². The highest BCUT2D eigenvalue weighted by Gasteiger charge is 2.32. The lowest BCUT2D eigenvalue weighted by atomic mass is 10.1. The molecule has 0 aromatic heterocycles. The molecule has 4 nitrogen and oxygen atoms in total. The minimum Gasteiger partial charge on any atom is -0.316 e. The topological polar surface area (TPSA) is 49.4 Å². The summed E-state index contributed by atoms with van der Waals surface area (Å²) in [5, 5.41) is 2.36. The first-order valence-electron chi connectivity index (χ1n) is 5.96. The van der Waals surface area contributed by atoms with Crippen molar-refractivity contribution in [2.45, 2.75) is 20.0 Å². The molecule has 1 aromatic rings. The van der Waals surface area contributed by atoms with E-state index in [1.54, 1.807) is 0 Å². The number of rotatable bonds is 4. The van der Waals surface area contributed by atoms with Crippen molar-refractivity contribution in [1.82, 2.24) is 4.90 Å². The summed E-state index contributed by atoms with van der Waals surface area (Å²) in [5.41, 5.74) is 0.797. The molecule has 20 heavy (non-hydrogen) atoms. The number of urea groups is 1. The van der Waals surface area contributed by atoms with Gasteiger partial charge in [0.25, 0.3) is 0 Å². The summed E-state index contributed by atoms with van der Waals surface area (Å²) in [5.74, 6) is -0.130. The van der Waals surface area contributed by atoms with Gasteiger partial charge in [0.05, 0.1) is 0 Å². The number of nitrogens with zero attached hydrogens (tertiary/aromatic N) is 1. The first-order valence-corrected chi connectivity index (χ1v) is 5.96. The van der Waals surface area contributed by atoms with Crippen LogP contribution in [0.4, 0.5) is 23.7 Å². The van der Waals surface area contributed by atoms with Crippen molar-refractivity contribution in [1.29, 1.82) is 0 Å². The van der Waals surface area contributed by atoms with Gasteiger partial charge in [-0.25, -0.2) is 4.79 Å². The molecule has 110 valence electrons. The number of halogens is 3. The predicted octanol–water partition coefficient (Wildman–Crippen LogP) is 3.31. The first-order chi connectivity index (χ1) is 9.23. The van der Waals surface area contributed by atoms with Gasteiger partial charge in [0, 0.05) is 17.8 Å². The van der Waals surface area contributed by atoms with Gasteiger partial charge in [0.1, 0.15) is 6.54 Å². The van der Waals surface area contributed by atoms with Crippen LogP contribution >= 0.6 is 0 Å². The van der Waals surface area contributed by atoms with Crippen molar-refractivity contribution in [3.05, 3.63) is 29.8 Å². The average Bonchev–Trinajstić information content (AvgIpc) is 2.35. The molecule has 0 aliphatic rings. The summed E-state index contributed by atoms with van der Waals surface area (Å²) in [6, 6.07) is 5.10. The van der Waals surface area contributed by atoms with Crippen LogP contribution in [0.25, 0.3) is 0 Å². The van der Waals surface area contributed by atoms with Crippen LogP contribution in [-0.2, 0) is 0 Å². The molecular weight excluding hydrogens is 273 g/mol. The van der Waals surface area contributed by atoms with Crippen LogP contribution in [0.1, 0.15) is 24.2 Å². The van der Waals surface area contributed by atoms with Crippen molar-refractivity contribution < 1.29 is 22.8 Å². The molecule has 0 saturated heterocycles. The maximum absolute atomic E-state index is 12.3. The Hall–Kier alpha value is -2.05. The van der Waals surface area contributed by atoms with Gasteiger partial charge in [-0.3, -0.25) is 4.79 Å². The van der Waals surface area contributed by atoms with Crippen LogP contribution in [0.5, 0.6) is 0 Å². The Bertz CT molecular complexity index is 483. The monoisotopic (exact) mass is 288 g/mol. The molecule has 0 atom stereocenters. The molecular formula is C13H15F3N2O2. The van der Waals surface area contributed by atoms with E-state index in [1.807, 2.05) is 0 Å². The lowest BCUT2D eigenvalue weighted by molar-refractivity contribution is -0.139. The van der Waals surface area contributed by atoms with E-state index >= 15 is 0 Å². The Kier molecular flexibility index (Phi) is 5.12. The molecule has 0 fully saturated rings. The van der Waals surface area contributed by atoms with E-state index in [1.165, 1.54) is 38.1 Å². The van der Waals surface area contributed by atoms with Crippen molar-refractivity contribution in [3.63, 3.8) is 0 Å². The molecule has 1 rings (SSSR count). The highest BCUT2D eigenvalue weighted by atomic mass is 19.4. The number of nitrogens with one attached hydrogen (secondary N) is 1. The zero-order valence-corrected chi connectivity index (χ0v) is 11.1. The number of Topliss-reactive ketones (excluding diaryl/α,β-unsaturated/α-hetero) is 1. The fraction of sp³-hybridized carbons (Fsp3) is 0.385. The Morgan fingerprint density at radius 3 is 2.15 bits per heavy atom. The van der Waals surface area contributed by atoms with Crippen LogP contribution in [-0.4, -0.2) is 36.0 Å². The van der Waals surface area contributed by atoms with E-state index < -0.39 is 18.8 Å². The molecule has 0 aliphatic carbocycles. The molecule has 0 unspecified atom stereocenters. The third-order valence-electron chi connectivity index (χ3n) is 2.58. The van der Waals surface area contributed by atoms with Crippen molar-refractivity contribution in [2.24, 2.45) is 0 Å². The van der Waals surface area contributed by atoms with E-state index in [4.69, 9.17) is 0 Å².